The summed E-state index contributed by atoms with van der Waals surface area (Å²) in [5.41, 5.74) is 2.20. The topological polar surface area (TPSA) is 38.3 Å². The van der Waals surface area contributed by atoms with Crippen LogP contribution in [0.1, 0.15) is 18.1 Å². The van der Waals surface area contributed by atoms with E-state index in [1.54, 1.807) is 13.0 Å². The van der Waals surface area contributed by atoms with Crippen molar-refractivity contribution < 1.29 is 13.9 Å². The standard InChI is InChI=1S/C17H17BrFNO2/c1-10-5-4-6-16(11(10)2)22-12(3)17(21)20-15-8-7-13(18)9-14(15)19/h4-9,12H,1-3H3,(H,20,21). The molecule has 116 valence electrons. The number of carbonyl (C=O) groups excluding carboxylic acids is 1. The Kier molecular flexibility index (Phi) is 5.19. The third-order valence-electron chi connectivity index (χ3n) is 3.42. The summed E-state index contributed by atoms with van der Waals surface area (Å²) in [7, 11) is 0. The fourth-order valence-corrected chi connectivity index (χ4v) is 2.25. The first-order chi connectivity index (χ1) is 10.4. The van der Waals surface area contributed by atoms with Gasteiger partial charge in [-0.2, -0.15) is 0 Å². The van der Waals surface area contributed by atoms with Gasteiger partial charge in [0.05, 0.1) is 5.69 Å². The zero-order valence-corrected chi connectivity index (χ0v) is 14.2. The minimum Gasteiger partial charge on any atom is -0.481 e. The van der Waals surface area contributed by atoms with Crippen LogP contribution < -0.4 is 10.1 Å². The molecule has 0 aliphatic rings. The minimum atomic E-state index is -0.733. The van der Waals surface area contributed by atoms with Gasteiger partial charge in [0.2, 0.25) is 0 Å². The van der Waals surface area contributed by atoms with E-state index in [2.05, 4.69) is 21.2 Å². The second-order valence-electron chi connectivity index (χ2n) is 5.07. The maximum Gasteiger partial charge on any atom is 0.265 e. The predicted octanol–water partition coefficient (Wildman–Crippen LogP) is 4.61. The van der Waals surface area contributed by atoms with E-state index in [4.69, 9.17) is 4.74 Å². The average Bonchev–Trinajstić information content (AvgIpc) is 2.46. The summed E-state index contributed by atoms with van der Waals surface area (Å²) in [4.78, 5) is 12.1. The molecule has 0 spiro atoms. The van der Waals surface area contributed by atoms with Gasteiger partial charge in [0.1, 0.15) is 11.6 Å². The van der Waals surface area contributed by atoms with Crippen LogP contribution in [0.5, 0.6) is 5.75 Å². The fourth-order valence-electron chi connectivity index (χ4n) is 1.92. The lowest BCUT2D eigenvalue weighted by molar-refractivity contribution is -0.122. The van der Waals surface area contributed by atoms with Crippen LogP contribution >= 0.6 is 15.9 Å². The van der Waals surface area contributed by atoms with Crippen LogP contribution in [0.15, 0.2) is 40.9 Å². The quantitative estimate of drug-likeness (QED) is 0.858. The Hall–Kier alpha value is -1.88. The van der Waals surface area contributed by atoms with Gasteiger partial charge in [-0.25, -0.2) is 4.39 Å². The zero-order valence-electron chi connectivity index (χ0n) is 12.6. The molecule has 0 saturated heterocycles. The Balaban J connectivity index is 2.07. The normalized spacial score (nSPS) is 11.9. The minimum absolute atomic E-state index is 0.129. The van der Waals surface area contributed by atoms with Gasteiger partial charge in [-0.05, 0) is 56.2 Å². The summed E-state index contributed by atoms with van der Waals surface area (Å²) in [5, 5.41) is 2.53. The van der Waals surface area contributed by atoms with E-state index >= 15 is 0 Å². The predicted molar refractivity (Wildman–Crippen MR) is 88.7 cm³/mol. The van der Waals surface area contributed by atoms with Crippen LogP contribution in [0.4, 0.5) is 10.1 Å². The Morgan fingerprint density at radius 2 is 2.00 bits per heavy atom. The molecule has 2 rings (SSSR count). The molecule has 1 amide bonds. The smallest absolute Gasteiger partial charge is 0.265 e. The molecule has 2 aromatic carbocycles. The number of aryl methyl sites for hydroxylation is 1. The van der Waals surface area contributed by atoms with Crippen molar-refractivity contribution in [2.45, 2.75) is 26.9 Å². The van der Waals surface area contributed by atoms with Gasteiger partial charge in [-0.1, -0.05) is 28.1 Å². The molecule has 0 bridgehead atoms. The van der Waals surface area contributed by atoms with Gasteiger partial charge in [-0.15, -0.1) is 0 Å². The third-order valence-corrected chi connectivity index (χ3v) is 3.91. The fraction of sp³-hybridized carbons (Fsp3) is 0.235. The molecule has 1 unspecified atom stereocenters. The molecule has 5 heteroatoms. The molecule has 0 aliphatic carbocycles. The number of carbonyl (C=O) groups is 1. The maximum atomic E-state index is 13.7. The van der Waals surface area contributed by atoms with Gasteiger partial charge in [0.15, 0.2) is 6.10 Å². The number of benzene rings is 2. The molecule has 1 N–H and O–H groups in total. The van der Waals surface area contributed by atoms with Crippen LogP contribution in [-0.4, -0.2) is 12.0 Å². The Morgan fingerprint density at radius 1 is 1.27 bits per heavy atom. The van der Waals surface area contributed by atoms with Gasteiger partial charge in [-0.3, -0.25) is 4.79 Å². The molecule has 0 aromatic heterocycles. The molecular formula is C17H17BrFNO2. The Morgan fingerprint density at radius 3 is 2.68 bits per heavy atom. The van der Waals surface area contributed by atoms with E-state index in [0.29, 0.717) is 10.2 Å². The highest BCUT2D eigenvalue weighted by Crippen LogP contribution is 2.23. The second kappa shape index (κ2) is 6.92. The van der Waals surface area contributed by atoms with Crippen LogP contribution in [-0.2, 0) is 4.79 Å². The Bertz CT molecular complexity index is 703. The van der Waals surface area contributed by atoms with Crippen molar-refractivity contribution in [3.63, 3.8) is 0 Å². The van der Waals surface area contributed by atoms with Crippen molar-refractivity contribution >= 4 is 27.5 Å². The molecule has 0 heterocycles. The van der Waals surface area contributed by atoms with Crippen LogP contribution in [0.3, 0.4) is 0 Å². The molecule has 0 saturated carbocycles. The lowest BCUT2D eigenvalue weighted by Gasteiger charge is -2.17. The number of rotatable bonds is 4. The number of halogens is 2. The number of nitrogens with one attached hydrogen (secondary N) is 1. The van der Waals surface area contributed by atoms with Gasteiger partial charge in [0, 0.05) is 4.47 Å². The first kappa shape index (κ1) is 16.5. The van der Waals surface area contributed by atoms with E-state index in [-0.39, 0.29) is 5.69 Å². The van der Waals surface area contributed by atoms with E-state index < -0.39 is 17.8 Å². The molecule has 1 atom stereocenters. The maximum absolute atomic E-state index is 13.7. The molecule has 0 fully saturated rings. The average molecular weight is 366 g/mol. The third kappa shape index (κ3) is 3.85. The summed E-state index contributed by atoms with van der Waals surface area (Å²) in [6, 6.07) is 10.1. The highest BCUT2D eigenvalue weighted by Gasteiger charge is 2.17. The zero-order chi connectivity index (χ0) is 16.3. The molecule has 0 radical (unpaired) electrons. The van der Waals surface area contributed by atoms with Crippen molar-refractivity contribution in [2.75, 3.05) is 5.32 Å². The van der Waals surface area contributed by atoms with Crippen LogP contribution in [0, 0.1) is 19.7 Å². The number of hydrogen-bond acceptors (Lipinski definition) is 2. The number of hydrogen-bond donors (Lipinski definition) is 1. The summed E-state index contributed by atoms with van der Waals surface area (Å²) in [6.45, 7) is 5.54. The number of ether oxygens (including phenoxy) is 1. The monoisotopic (exact) mass is 365 g/mol. The van der Waals surface area contributed by atoms with E-state index in [1.807, 2.05) is 32.0 Å². The van der Waals surface area contributed by atoms with Crippen LogP contribution in [0.25, 0.3) is 0 Å². The van der Waals surface area contributed by atoms with Crippen LogP contribution in [0.2, 0.25) is 0 Å². The molecule has 2 aromatic rings. The summed E-state index contributed by atoms with van der Waals surface area (Å²) in [5.74, 6) is -0.247. The highest BCUT2D eigenvalue weighted by atomic mass is 79.9. The van der Waals surface area contributed by atoms with Crippen molar-refractivity contribution in [1.29, 1.82) is 0 Å². The first-order valence-electron chi connectivity index (χ1n) is 6.87. The van der Waals surface area contributed by atoms with Gasteiger partial charge >= 0.3 is 0 Å². The second-order valence-corrected chi connectivity index (χ2v) is 5.99. The lowest BCUT2D eigenvalue weighted by atomic mass is 10.1. The largest absolute Gasteiger partial charge is 0.481 e. The Labute approximate surface area is 137 Å². The molecule has 3 nitrogen and oxygen atoms in total. The highest BCUT2D eigenvalue weighted by molar-refractivity contribution is 9.10. The van der Waals surface area contributed by atoms with Crippen molar-refractivity contribution in [3.8, 4) is 5.75 Å². The van der Waals surface area contributed by atoms with E-state index in [0.717, 1.165) is 11.1 Å². The van der Waals surface area contributed by atoms with Gasteiger partial charge < -0.3 is 10.1 Å². The van der Waals surface area contributed by atoms with Crippen molar-refractivity contribution in [2.24, 2.45) is 0 Å². The first-order valence-corrected chi connectivity index (χ1v) is 7.66. The lowest BCUT2D eigenvalue weighted by Crippen LogP contribution is -2.30. The van der Waals surface area contributed by atoms with E-state index in [9.17, 15) is 9.18 Å². The molecule has 0 aliphatic heterocycles. The molecule has 22 heavy (non-hydrogen) atoms. The van der Waals surface area contributed by atoms with Crippen molar-refractivity contribution in [1.82, 2.24) is 0 Å². The molecular weight excluding hydrogens is 349 g/mol. The summed E-state index contributed by atoms with van der Waals surface area (Å²) in [6.07, 6.45) is -0.733. The summed E-state index contributed by atoms with van der Waals surface area (Å²) >= 11 is 3.17. The number of anilines is 1. The van der Waals surface area contributed by atoms with Gasteiger partial charge in [0.25, 0.3) is 5.91 Å². The van der Waals surface area contributed by atoms with E-state index in [1.165, 1.54) is 12.1 Å². The summed E-state index contributed by atoms with van der Waals surface area (Å²) < 4.78 is 20.0. The van der Waals surface area contributed by atoms with Crippen molar-refractivity contribution in [3.05, 3.63) is 57.8 Å². The number of amides is 1. The SMILES string of the molecule is Cc1cccc(OC(C)C(=O)Nc2ccc(Br)cc2F)c1C.